The van der Waals surface area contributed by atoms with Crippen LogP contribution in [0, 0.1) is 0 Å². The molecule has 1 amide bonds. The monoisotopic (exact) mass is 423 g/mol. The fraction of sp³-hybridized carbons (Fsp3) is 0.522. The van der Waals surface area contributed by atoms with Crippen LogP contribution in [0.3, 0.4) is 0 Å². The van der Waals surface area contributed by atoms with Crippen LogP contribution in [0.15, 0.2) is 47.7 Å². The summed E-state index contributed by atoms with van der Waals surface area (Å²) in [6, 6.07) is 10.2. The van der Waals surface area contributed by atoms with Crippen molar-refractivity contribution in [2.45, 2.75) is 26.3 Å². The summed E-state index contributed by atoms with van der Waals surface area (Å²) in [6.45, 7) is 9.48. The molecular weight excluding hydrogens is 390 g/mol. The van der Waals surface area contributed by atoms with Crippen molar-refractivity contribution < 1.29 is 4.79 Å². The second-order valence-electron chi connectivity index (χ2n) is 8.14. The van der Waals surface area contributed by atoms with E-state index >= 15 is 0 Å². The molecule has 4 rings (SSSR count). The molecule has 0 aliphatic carbocycles. The molecule has 2 fully saturated rings. The number of hydrogen-bond acceptors (Lipinski definition) is 4. The van der Waals surface area contributed by atoms with Crippen molar-refractivity contribution in [3.63, 3.8) is 0 Å². The number of nitrogens with one attached hydrogen (secondary N) is 1. The number of aromatic nitrogens is 2. The van der Waals surface area contributed by atoms with E-state index in [2.05, 4.69) is 39.3 Å². The predicted octanol–water partition coefficient (Wildman–Crippen LogP) is 1.58. The van der Waals surface area contributed by atoms with Gasteiger partial charge in [0, 0.05) is 58.2 Å². The molecule has 166 valence electrons. The Bertz CT molecular complexity index is 866. The second kappa shape index (κ2) is 10.4. The molecule has 0 bridgehead atoms. The Hall–Kier alpha value is -2.87. The number of aliphatic imine (C=N–C) groups is 1. The van der Waals surface area contributed by atoms with Gasteiger partial charge in [-0.3, -0.25) is 9.69 Å². The summed E-state index contributed by atoms with van der Waals surface area (Å²) in [7, 11) is 0. The van der Waals surface area contributed by atoms with Crippen LogP contribution in [0.1, 0.15) is 25.3 Å². The second-order valence-corrected chi connectivity index (χ2v) is 8.14. The fourth-order valence-corrected chi connectivity index (χ4v) is 4.19. The van der Waals surface area contributed by atoms with Crippen molar-refractivity contribution >= 4 is 11.9 Å². The molecule has 1 N–H and O–H groups in total. The van der Waals surface area contributed by atoms with Gasteiger partial charge in [0.1, 0.15) is 0 Å². The Labute approximate surface area is 184 Å². The van der Waals surface area contributed by atoms with Gasteiger partial charge in [-0.15, -0.1) is 0 Å². The molecule has 8 heteroatoms. The van der Waals surface area contributed by atoms with Crippen molar-refractivity contribution in [3.8, 4) is 5.69 Å². The highest BCUT2D eigenvalue weighted by Gasteiger charge is 2.24. The number of rotatable bonds is 6. The minimum Gasteiger partial charge on any atom is -0.357 e. The van der Waals surface area contributed by atoms with E-state index in [1.165, 1.54) is 0 Å². The zero-order valence-corrected chi connectivity index (χ0v) is 18.4. The van der Waals surface area contributed by atoms with Crippen molar-refractivity contribution in [3.05, 3.63) is 48.3 Å². The Balaban J connectivity index is 1.33. The zero-order chi connectivity index (χ0) is 21.5. The lowest BCUT2D eigenvalue weighted by Gasteiger charge is -2.36. The van der Waals surface area contributed by atoms with Crippen LogP contribution in [-0.4, -0.2) is 88.7 Å². The third-order valence-corrected chi connectivity index (χ3v) is 5.92. The van der Waals surface area contributed by atoms with Gasteiger partial charge in [0.25, 0.3) is 0 Å². The fourth-order valence-electron chi connectivity index (χ4n) is 4.19. The first-order chi connectivity index (χ1) is 15.2. The van der Waals surface area contributed by atoms with Crippen LogP contribution < -0.4 is 5.32 Å². The standard InChI is InChI=1S/C23H33N7O/c1-2-24-23(25-18-20-7-5-8-21(17-20)30-12-6-9-26-30)29-15-13-27(14-16-29)19-22(31)28-10-3-4-11-28/h5-9,12,17H,2-4,10-11,13-16,18-19H2,1H3,(H,24,25). The van der Waals surface area contributed by atoms with Gasteiger partial charge in [-0.25, -0.2) is 9.67 Å². The maximum Gasteiger partial charge on any atom is 0.236 e. The van der Waals surface area contributed by atoms with Crippen molar-refractivity contribution in [1.29, 1.82) is 0 Å². The van der Waals surface area contributed by atoms with E-state index in [9.17, 15) is 4.79 Å². The molecule has 3 heterocycles. The molecule has 1 aromatic heterocycles. The summed E-state index contributed by atoms with van der Waals surface area (Å²) < 4.78 is 1.86. The lowest BCUT2D eigenvalue weighted by molar-refractivity contribution is -0.131. The highest BCUT2D eigenvalue weighted by molar-refractivity contribution is 5.80. The van der Waals surface area contributed by atoms with E-state index in [1.807, 2.05) is 34.0 Å². The number of likely N-dealkylation sites (tertiary alicyclic amines) is 1. The SMILES string of the molecule is CCNC(=NCc1cccc(-n2cccn2)c1)N1CCN(CC(=O)N2CCCC2)CC1. The molecule has 0 radical (unpaired) electrons. The van der Waals surface area contributed by atoms with Gasteiger partial charge < -0.3 is 15.1 Å². The highest BCUT2D eigenvalue weighted by Crippen LogP contribution is 2.12. The number of piperazine rings is 1. The van der Waals surface area contributed by atoms with Gasteiger partial charge in [-0.1, -0.05) is 12.1 Å². The number of guanidine groups is 1. The number of carbonyl (C=O) groups is 1. The summed E-state index contributed by atoms with van der Waals surface area (Å²) in [5.41, 5.74) is 2.19. The molecular formula is C23H33N7O. The summed E-state index contributed by atoms with van der Waals surface area (Å²) in [4.78, 5) is 23.9. The van der Waals surface area contributed by atoms with Gasteiger partial charge in [0.2, 0.25) is 5.91 Å². The lowest BCUT2D eigenvalue weighted by atomic mass is 10.2. The first kappa shape index (κ1) is 21.4. The largest absolute Gasteiger partial charge is 0.357 e. The van der Waals surface area contributed by atoms with Crippen LogP contribution in [0.5, 0.6) is 0 Å². The molecule has 0 unspecified atom stereocenters. The van der Waals surface area contributed by atoms with Gasteiger partial charge in [-0.2, -0.15) is 5.10 Å². The summed E-state index contributed by atoms with van der Waals surface area (Å²) >= 11 is 0. The van der Waals surface area contributed by atoms with Crippen molar-refractivity contribution in [2.75, 3.05) is 52.4 Å². The minimum absolute atomic E-state index is 0.281. The molecule has 2 aliphatic heterocycles. The predicted molar refractivity (Wildman–Crippen MR) is 122 cm³/mol. The molecule has 1 aromatic carbocycles. The molecule has 2 aliphatic rings. The number of carbonyl (C=O) groups excluding carboxylic acids is 1. The molecule has 0 saturated carbocycles. The van der Waals surface area contributed by atoms with E-state index in [-0.39, 0.29) is 5.91 Å². The zero-order valence-electron chi connectivity index (χ0n) is 18.4. The van der Waals surface area contributed by atoms with E-state index in [0.717, 1.165) is 75.9 Å². The normalized spacial score (nSPS) is 17.9. The molecule has 2 saturated heterocycles. The average molecular weight is 424 g/mol. The van der Waals surface area contributed by atoms with Crippen LogP contribution in [-0.2, 0) is 11.3 Å². The van der Waals surface area contributed by atoms with Gasteiger partial charge >= 0.3 is 0 Å². The van der Waals surface area contributed by atoms with Crippen LogP contribution >= 0.6 is 0 Å². The highest BCUT2D eigenvalue weighted by atomic mass is 16.2. The molecule has 2 aromatic rings. The lowest BCUT2D eigenvalue weighted by Crippen LogP contribution is -2.54. The summed E-state index contributed by atoms with van der Waals surface area (Å²) in [6.07, 6.45) is 6.02. The van der Waals surface area contributed by atoms with Crippen LogP contribution in [0.2, 0.25) is 0 Å². The van der Waals surface area contributed by atoms with E-state index in [0.29, 0.717) is 13.1 Å². The van der Waals surface area contributed by atoms with Gasteiger partial charge in [-0.05, 0) is 43.5 Å². The summed E-state index contributed by atoms with van der Waals surface area (Å²) in [5, 5.41) is 7.74. The van der Waals surface area contributed by atoms with Crippen LogP contribution in [0.4, 0.5) is 0 Å². The van der Waals surface area contributed by atoms with E-state index in [4.69, 9.17) is 4.99 Å². The van der Waals surface area contributed by atoms with Crippen LogP contribution in [0.25, 0.3) is 5.69 Å². The first-order valence-electron chi connectivity index (χ1n) is 11.4. The maximum absolute atomic E-state index is 12.4. The Morgan fingerprint density at radius 1 is 1.06 bits per heavy atom. The van der Waals surface area contributed by atoms with E-state index < -0.39 is 0 Å². The first-order valence-corrected chi connectivity index (χ1v) is 11.4. The van der Waals surface area contributed by atoms with Gasteiger partial charge in [0.05, 0.1) is 18.8 Å². The minimum atomic E-state index is 0.281. The molecule has 0 atom stereocenters. The van der Waals surface area contributed by atoms with Gasteiger partial charge in [0.15, 0.2) is 5.96 Å². The third-order valence-electron chi connectivity index (χ3n) is 5.92. The number of hydrogen-bond donors (Lipinski definition) is 1. The topological polar surface area (TPSA) is 69.0 Å². The van der Waals surface area contributed by atoms with Crippen molar-refractivity contribution in [1.82, 2.24) is 29.8 Å². The average Bonchev–Trinajstić information content (AvgIpc) is 3.52. The quantitative estimate of drug-likeness (QED) is 0.564. The number of amides is 1. The Kier molecular flexibility index (Phi) is 7.19. The van der Waals surface area contributed by atoms with E-state index in [1.54, 1.807) is 6.20 Å². The smallest absolute Gasteiger partial charge is 0.236 e. The Morgan fingerprint density at radius 3 is 2.58 bits per heavy atom. The maximum atomic E-state index is 12.4. The Morgan fingerprint density at radius 2 is 1.87 bits per heavy atom. The summed E-state index contributed by atoms with van der Waals surface area (Å²) in [5.74, 6) is 1.22. The number of nitrogens with zero attached hydrogens (tertiary/aromatic N) is 6. The third kappa shape index (κ3) is 5.64. The molecule has 0 spiro atoms. The molecule has 8 nitrogen and oxygen atoms in total. The molecule has 31 heavy (non-hydrogen) atoms. The number of benzene rings is 1. The van der Waals surface area contributed by atoms with Crippen molar-refractivity contribution in [2.24, 2.45) is 4.99 Å².